The van der Waals surface area contributed by atoms with Gasteiger partial charge in [0.05, 0.1) is 25.2 Å². The predicted molar refractivity (Wildman–Crippen MR) is 125 cm³/mol. The fourth-order valence-electron chi connectivity index (χ4n) is 4.35. The summed E-state index contributed by atoms with van der Waals surface area (Å²) in [4.78, 5) is 4.96. The zero-order chi connectivity index (χ0) is 22.2. The van der Waals surface area contributed by atoms with E-state index in [0.717, 1.165) is 43.3 Å². The van der Waals surface area contributed by atoms with Gasteiger partial charge in [0.25, 0.3) is 0 Å². The molecule has 2 aromatic carbocycles. The number of rotatable bonds is 9. The minimum Gasteiger partial charge on any atom is -0.396 e. The summed E-state index contributed by atoms with van der Waals surface area (Å²) in [5.74, 6) is 1.71. The van der Waals surface area contributed by atoms with Crippen LogP contribution >= 0.6 is 0 Å². The third-order valence-electron chi connectivity index (χ3n) is 5.98. The number of aliphatic hydroxyl groups is 1. The zero-order valence-electron chi connectivity index (χ0n) is 18.3. The average molecular weight is 430 g/mol. The van der Waals surface area contributed by atoms with Crippen LogP contribution < -0.4 is 20.5 Å². The van der Waals surface area contributed by atoms with Gasteiger partial charge in [-0.2, -0.15) is 5.26 Å². The van der Waals surface area contributed by atoms with E-state index in [9.17, 15) is 5.26 Å². The van der Waals surface area contributed by atoms with Gasteiger partial charge in [-0.1, -0.05) is 60.7 Å². The molecule has 1 aliphatic heterocycles. The first-order valence-electron chi connectivity index (χ1n) is 11.3. The van der Waals surface area contributed by atoms with Crippen LogP contribution in [0, 0.1) is 11.3 Å². The van der Waals surface area contributed by atoms with Crippen molar-refractivity contribution < 1.29 is 15.0 Å². The van der Waals surface area contributed by atoms with Crippen molar-refractivity contribution in [3.8, 4) is 6.07 Å². The summed E-state index contributed by atoms with van der Waals surface area (Å²) in [7, 11) is 0. The minimum atomic E-state index is 0.122. The Morgan fingerprint density at radius 2 is 1.66 bits per heavy atom. The molecule has 1 atom stereocenters. The molecule has 0 amide bonds. The maximum atomic E-state index is 9.94. The molecule has 0 spiro atoms. The van der Waals surface area contributed by atoms with Crippen molar-refractivity contribution in [3.05, 3.63) is 88.5 Å². The van der Waals surface area contributed by atoms with Crippen molar-refractivity contribution in [2.45, 2.75) is 32.5 Å². The van der Waals surface area contributed by atoms with E-state index in [1.54, 1.807) is 0 Å². The van der Waals surface area contributed by atoms with E-state index in [1.807, 2.05) is 18.2 Å². The summed E-state index contributed by atoms with van der Waals surface area (Å²) < 4.78 is 0. The zero-order valence-corrected chi connectivity index (χ0v) is 18.3. The Balaban J connectivity index is 1.63. The van der Waals surface area contributed by atoms with E-state index < -0.39 is 0 Å². The third kappa shape index (κ3) is 5.25. The Hall–Kier alpha value is -3.40. The molecule has 3 aromatic rings. The Morgan fingerprint density at radius 3 is 2.34 bits per heavy atom. The van der Waals surface area contributed by atoms with Gasteiger partial charge >= 0.3 is 0 Å². The van der Waals surface area contributed by atoms with Gasteiger partial charge in [0.2, 0.25) is 11.6 Å². The molecule has 0 fully saturated rings. The SMILES string of the molecule is N#Cc1c(NCCCO)[nH+]c(NCc2ccccc2)c2c1CC[NH+](Cc1ccccc1)C2. The number of nitriles is 1. The molecular weight excluding hydrogens is 398 g/mol. The Bertz CT molecular complexity index is 1060. The van der Waals surface area contributed by atoms with Crippen LogP contribution in [0.3, 0.4) is 0 Å². The number of quaternary nitrogens is 1. The van der Waals surface area contributed by atoms with E-state index in [-0.39, 0.29) is 6.61 Å². The fourth-order valence-corrected chi connectivity index (χ4v) is 4.35. The first-order valence-corrected chi connectivity index (χ1v) is 11.3. The first-order chi connectivity index (χ1) is 15.8. The summed E-state index contributed by atoms with van der Waals surface area (Å²) in [6.45, 7) is 4.27. The molecule has 0 saturated heterocycles. The second-order valence-corrected chi connectivity index (χ2v) is 8.25. The van der Waals surface area contributed by atoms with Gasteiger partial charge in [-0.15, -0.1) is 0 Å². The number of fused-ring (bicyclic) bond motifs is 1. The molecule has 0 saturated carbocycles. The molecular formula is C26H31N5O+2. The molecule has 6 nitrogen and oxygen atoms in total. The van der Waals surface area contributed by atoms with Gasteiger partial charge in [-0.3, -0.25) is 0 Å². The average Bonchev–Trinajstić information content (AvgIpc) is 2.84. The number of H-pyrrole nitrogens is 1. The second-order valence-electron chi connectivity index (χ2n) is 8.25. The molecule has 0 radical (unpaired) electrons. The van der Waals surface area contributed by atoms with Crippen LogP contribution in [0.5, 0.6) is 0 Å². The van der Waals surface area contributed by atoms with Gasteiger partial charge in [0.1, 0.15) is 24.7 Å². The standard InChI is InChI=1S/C26H29N5O/c27-16-23-22-12-14-31(18-21-10-5-2-6-11-21)19-24(22)26(30-25(23)28-13-7-15-32)29-17-20-8-3-1-4-9-20/h1-6,8-11,32H,7,12-15,17-19H2,(H2,28,29,30)/p+2. The molecule has 32 heavy (non-hydrogen) atoms. The number of anilines is 2. The molecule has 5 N–H and O–H groups in total. The molecule has 6 heteroatoms. The van der Waals surface area contributed by atoms with Gasteiger partial charge in [0, 0.05) is 25.0 Å². The Kier molecular flexibility index (Phi) is 7.34. The summed E-state index contributed by atoms with van der Waals surface area (Å²) in [5, 5.41) is 26.0. The minimum absolute atomic E-state index is 0.122. The number of pyridine rings is 1. The van der Waals surface area contributed by atoms with E-state index in [1.165, 1.54) is 21.6 Å². The van der Waals surface area contributed by atoms with E-state index in [0.29, 0.717) is 25.1 Å². The monoisotopic (exact) mass is 429 g/mol. The van der Waals surface area contributed by atoms with Gasteiger partial charge in [-0.25, -0.2) is 4.98 Å². The lowest BCUT2D eigenvalue weighted by Crippen LogP contribution is -3.10. The van der Waals surface area contributed by atoms with Crippen LogP contribution in [-0.2, 0) is 26.1 Å². The molecule has 1 aromatic heterocycles. The number of benzene rings is 2. The largest absolute Gasteiger partial charge is 0.396 e. The molecule has 4 rings (SSSR count). The highest BCUT2D eigenvalue weighted by Gasteiger charge is 2.30. The quantitative estimate of drug-likeness (QED) is 0.392. The van der Waals surface area contributed by atoms with Crippen LogP contribution in [0.15, 0.2) is 60.7 Å². The number of aliphatic hydroxyl groups excluding tert-OH is 1. The Morgan fingerprint density at radius 1 is 0.938 bits per heavy atom. The molecule has 2 heterocycles. The Labute approximate surface area is 189 Å². The predicted octanol–water partition coefficient (Wildman–Crippen LogP) is 1.92. The highest BCUT2D eigenvalue weighted by atomic mass is 16.3. The topological polar surface area (TPSA) is 86.7 Å². The third-order valence-corrected chi connectivity index (χ3v) is 5.98. The number of nitrogens with zero attached hydrogens (tertiary/aromatic N) is 1. The lowest BCUT2D eigenvalue weighted by Gasteiger charge is -2.27. The number of aromatic amines is 1. The van der Waals surface area contributed by atoms with E-state index in [4.69, 9.17) is 5.11 Å². The van der Waals surface area contributed by atoms with Crippen LogP contribution in [0.4, 0.5) is 11.6 Å². The molecule has 1 unspecified atom stereocenters. The number of aromatic nitrogens is 1. The van der Waals surface area contributed by atoms with Gasteiger partial charge in [0.15, 0.2) is 0 Å². The van der Waals surface area contributed by atoms with Crippen LogP contribution in [-0.4, -0.2) is 24.8 Å². The molecule has 0 aliphatic carbocycles. The van der Waals surface area contributed by atoms with Crippen molar-refractivity contribution in [1.29, 1.82) is 5.26 Å². The maximum Gasteiger partial charge on any atom is 0.237 e. The summed E-state index contributed by atoms with van der Waals surface area (Å²) in [6, 6.07) is 23.3. The molecule has 1 aliphatic rings. The van der Waals surface area contributed by atoms with Crippen molar-refractivity contribution in [1.82, 2.24) is 0 Å². The number of nitrogens with one attached hydrogen (secondary N) is 4. The van der Waals surface area contributed by atoms with E-state index >= 15 is 0 Å². The van der Waals surface area contributed by atoms with Crippen LogP contribution in [0.25, 0.3) is 0 Å². The van der Waals surface area contributed by atoms with Crippen molar-refractivity contribution >= 4 is 11.6 Å². The van der Waals surface area contributed by atoms with Gasteiger partial charge in [-0.05, 0) is 11.1 Å². The molecule has 164 valence electrons. The molecule has 0 bridgehead atoms. The number of hydrogen-bond acceptors (Lipinski definition) is 4. The van der Waals surface area contributed by atoms with Crippen molar-refractivity contribution in [2.24, 2.45) is 0 Å². The van der Waals surface area contributed by atoms with Crippen molar-refractivity contribution in [2.75, 3.05) is 30.3 Å². The first kappa shape index (κ1) is 21.8. The van der Waals surface area contributed by atoms with Crippen molar-refractivity contribution in [3.63, 3.8) is 0 Å². The van der Waals surface area contributed by atoms with Crippen LogP contribution in [0.1, 0.15) is 34.2 Å². The normalized spacial score (nSPS) is 14.9. The van der Waals surface area contributed by atoms with E-state index in [2.05, 4.69) is 64.2 Å². The number of hydrogen-bond donors (Lipinski definition) is 4. The van der Waals surface area contributed by atoms with Gasteiger partial charge < -0.3 is 20.6 Å². The smallest absolute Gasteiger partial charge is 0.237 e. The highest BCUT2D eigenvalue weighted by Crippen LogP contribution is 2.26. The lowest BCUT2D eigenvalue weighted by molar-refractivity contribution is -0.929. The summed E-state index contributed by atoms with van der Waals surface area (Å²) in [5.41, 5.74) is 5.56. The van der Waals surface area contributed by atoms with Crippen LogP contribution in [0.2, 0.25) is 0 Å². The summed E-state index contributed by atoms with van der Waals surface area (Å²) >= 11 is 0. The fraction of sp³-hybridized carbons (Fsp3) is 0.308. The lowest BCUT2D eigenvalue weighted by atomic mass is 9.95. The summed E-state index contributed by atoms with van der Waals surface area (Å²) in [6.07, 6.45) is 1.50. The highest BCUT2D eigenvalue weighted by molar-refractivity contribution is 5.60. The second kappa shape index (κ2) is 10.8. The maximum absolute atomic E-state index is 9.94.